The Hall–Kier alpha value is -0.640. The van der Waals surface area contributed by atoms with E-state index in [0.29, 0.717) is 12.1 Å². The molecule has 3 nitrogen and oxygen atoms in total. The van der Waals surface area contributed by atoms with Crippen molar-refractivity contribution in [3.05, 3.63) is 11.9 Å². The highest BCUT2D eigenvalue weighted by molar-refractivity contribution is 7.99. The Kier molecular flexibility index (Phi) is 3.79. The maximum absolute atomic E-state index is 4.57. The highest BCUT2D eigenvalue weighted by Gasteiger charge is 2.16. The number of hydrogen-bond donors (Lipinski definition) is 1. The van der Waals surface area contributed by atoms with Crippen molar-refractivity contribution in [1.82, 2.24) is 9.55 Å². The highest BCUT2D eigenvalue weighted by atomic mass is 32.2. The third-order valence-electron chi connectivity index (χ3n) is 2.96. The highest BCUT2D eigenvalue weighted by Crippen LogP contribution is 2.22. The van der Waals surface area contributed by atoms with Gasteiger partial charge in [0.15, 0.2) is 0 Å². The lowest BCUT2D eigenvalue weighted by atomic mass is 10.2. The number of imidazole rings is 1. The van der Waals surface area contributed by atoms with E-state index in [2.05, 4.69) is 53.6 Å². The van der Waals surface area contributed by atoms with Crippen LogP contribution < -0.4 is 5.32 Å². The fraction of sp³-hybridized carbons (Fsp3) is 0.750. The van der Waals surface area contributed by atoms with Gasteiger partial charge in [0.2, 0.25) is 5.95 Å². The van der Waals surface area contributed by atoms with E-state index in [1.807, 2.05) is 0 Å². The van der Waals surface area contributed by atoms with Crippen molar-refractivity contribution in [3.63, 3.8) is 0 Å². The maximum Gasteiger partial charge on any atom is 0.203 e. The van der Waals surface area contributed by atoms with E-state index in [1.54, 1.807) is 0 Å². The van der Waals surface area contributed by atoms with Gasteiger partial charge in [0.1, 0.15) is 0 Å². The van der Waals surface area contributed by atoms with Gasteiger partial charge in [0.05, 0.1) is 5.69 Å². The molecule has 0 radical (unpaired) electrons. The van der Waals surface area contributed by atoms with Crippen LogP contribution in [0.4, 0.5) is 5.95 Å². The van der Waals surface area contributed by atoms with Crippen molar-refractivity contribution < 1.29 is 0 Å². The first-order valence-corrected chi connectivity index (χ1v) is 7.22. The number of rotatable bonds is 3. The summed E-state index contributed by atoms with van der Waals surface area (Å²) < 4.78 is 2.23. The van der Waals surface area contributed by atoms with Crippen LogP contribution in [0.3, 0.4) is 0 Å². The Balaban J connectivity index is 2.07. The van der Waals surface area contributed by atoms with Gasteiger partial charge in [-0.05, 0) is 45.1 Å². The molecule has 0 aliphatic carbocycles. The van der Waals surface area contributed by atoms with E-state index in [9.17, 15) is 0 Å². The van der Waals surface area contributed by atoms with E-state index < -0.39 is 0 Å². The van der Waals surface area contributed by atoms with Crippen molar-refractivity contribution in [2.24, 2.45) is 0 Å². The van der Waals surface area contributed by atoms with Crippen molar-refractivity contribution in [1.29, 1.82) is 0 Å². The lowest BCUT2D eigenvalue weighted by Gasteiger charge is -2.24. The number of anilines is 1. The molecule has 2 rings (SSSR count). The van der Waals surface area contributed by atoms with E-state index >= 15 is 0 Å². The molecule has 0 amide bonds. The average Bonchev–Trinajstić information content (AvgIpc) is 2.61. The van der Waals surface area contributed by atoms with Gasteiger partial charge in [-0.3, -0.25) is 0 Å². The van der Waals surface area contributed by atoms with Crippen molar-refractivity contribution in [3.8, 4) is 0 Å². The third kappa shape index (κ3) is 2.73. The summed E-state index contributed by atoms with van der Waals surface area (Å²) >= 11 is 2.06. The Morgan fingerprint density at radius 1 is 1.44 bits per heavy atom. The largest absolute Gasteiger partial charge is 0.353 e. The molecule has 2 heterocycles. The van der Waals surface area contributed by atoms with Gasteiger partial charge in [0, 0.05) is 18.3 Å². The fourth-order valence-corrected chi connectivity index (χ4v) is 3.15. The smallest absolute Gasteiger partial charge is 0.203 e. The number of nitrogens with one attached hydrogen (secondary N) is 1. The van der Waals surface area contributed by atoms with E-state index in [1.165, 1.54) is 24.3 Å². The Morgan fingerprint density at radius 2 is 2.12 bits per heavy atom. The monoisotopic (exact) mass is 239 g/mol. The standard InChI is InChI=1S/C12H21N3S/c1-9(2)15-8-10(3)13-12(15)14-11-4-6-16-7-5-11/h8-9,11H,4-7H2,1-3H3,(H,13,14). The van der Waals surface area contributed by atoms with Gasteiger partial charge >= 0.3 is 0 Å². The Morgan fingerprint density at radius 3 is 2.75 bits per heavy atom. The van der Waals surface area contributed by atoms with Gasteiger partial charge in [-0.15, -0.1) is 0 Å². The summed E-state index contributed by atoms with van der Waals surface area (Å²) in [4.78, 5) is 4.57. The van der Waals surface area contributed by atoms with E-state index in [4.69, 9.17) is 0 Å². The molecule has 0 unspecified atom stereocenters. The minimum Gasteiger partial charge on any atom is -0.353 e. The summed E-state index contributed by atoms with van der Waals surface area (Å²) in [6.07, 6.45) is 4.65. The van der Waals surface area contributed by atoms with Crippen molar-refractivity contribution in [2.75, 3.05) is 16.8 Å². The predicted octanol–water partition coefficient (Wildman–Crippen LogP) is 3.08. The van der Waals surface area contributed by atoms with Crippen molar-refractivity contribution >= 4 is 17.7 Å². The number of aromatic nitrogens is 2. The van der Waals surface area contributed by atoms with E-state index in [0.717, 1.165) is 11.6 Å². The first kappa shape index (κ1) is 11.8. The summed E-state index contributed by atoms with van der Waals surface area (Å²) in [5, 5.41) is 3.59. The first-order chi connectivity index (χ1) is 7.66. The average molecular weight is 239 g/mol. The zero-order valence-electron chi connectivity index (χ0n) is 10.4. The molecule has 1 aromatic rings. The molecule has 1 aromatic heterocycles. The SMILES string of the molecule is Cc1cn(C(C)C)c(NC2CCSCC2)n1. The van der Waals surface area contributed by atoms with E-state index in [-0.39, 0.29) is 0 Å². The maximum atomic E-state index is 4.57. The Bertz CT molecular complexity index is 340. The Labute approximate surface area is 102 Å². The lowest BCUT2D eigenvalue weighted by Crippen LogP contribution is -2.26. The van der Waals surface area contributed by atoms with Crippen LogP contribution in [-0.2, 0) is 0 Å². The first-order valence-electron chi connectivity index (χ1n) is 6.06. The van der Waals surface area contributed by atoms with Crippen LogP contribution in [0.25, 0.3) is 0 Å². The summed E-state index contributed by atoms with van der Waals surface area (Å²) in [7, 11) is 0. The summed E-state index contributed by atoms with van der Waals surface area (Å²) in [5.41, 5.74) is 1.10. The van der Waals surface area contributed by atoms with Gasteiger partial charge in [-0.1, -0.05) is 0 Å². The summed E-state index contributed by atoms with van der Waals surface area (Å²) in [6.45, 7) is 6.45. The van der Waals surface area contributed by atoms with Crippen molar-refractivity contribution in [2.45, 2.75) is 45.7 Å². The summed E-state index contributed by atoms with van der Waals surface area (Å²) in [5.74, 6) is 3.60. The van der Waals surface area contributed by atoms with Gasteiger partial charge in [0.25, 0.3) is 0 Å². The molecule has 16 heavy (non-hydrogen) atoms. The molecule has 1 N–H and O–H groups in total. The molecule has 0 aromatic carbocycles. The molecule has 0 saturated carbocycles. The molecule has 1 saturated heterocycles. The third-order valence-corrected chi connectivity index (χ3v) is 4.01. The molecule has 90 valence electrons. The van der Waals surface area contributed by atoms with Gasteiger partial charge in [-0.2, -0.15) is 11.8 Å². The number of hydrogen-bond acceptors (Lipinski definition) is 3. The fourth-order valence-electron chi connectivity index (χ4n) is 2.04. The quantitative estimate of drug-likeness (QED) is 0.879. The lowest BCUT2D eigenvalue weighted by molar-refractivity contribution is 0.587. The van der Waals surface area contributed by atoms with Crippen LogP contribution in [0.15, 0.2) is 6.20 Å². The van der Waals surface area contributed by atoms with Crippen LogP contribution >= 0.6 is 11.8 Å². The minimum atomic E-state index is 0.474. The molecule has 1 aliphatic heterocycles. The molecule has 0 atom stereocenters. The van der Waals surface area contributed by atoms with Crippen LogP contribution in [0, 0.1) is 6.92 Å². The molecule has 0 spiro atoms. The number of nitrogens with zero attached hydrogens (tertiary/aromatic N) is 2. The minimum absolute atomic E-state index is 0.474. The normalized spacial score (nSPS) is 18.0. The van der Waals surface area contributed by atoms with Crippen LogP contribution in [-0.4, -0.2) is 27.1 Å². The van der Waals surface area contributed by atoms with Crippen LogP contribution in [0.2, 0.25) is 0 Å². The topological polar surface area (TPSA) is 29.9 Å². The zero-order valence-corrected chi connectivity index (χ0v) is 11.2. The molecule has 1 aliphatic rings. The van der Waals surface area contributed by atoms with Crippen LogP contribution in [0.5, 0.6) is 0 Å². The molecule has 4 heteroatoms. The predicted molar refractivity (Wildman–Crippen MR) is 71.3 cm³/mol. The summed E-state index contributed by atoms with van der Waals surface area (Å²) in [6, 6.07) is 1.09. The zero-order chi connectivity index (χ0) is 11.5. The second kappa shape index (κ2) is 5.13. The molecular formula is C12H21N3S. The van der Waals surface area contributed by atoms with Gasteiger partial charge < -0.3 is 9.88 Å². The van der Waals surface area contributed by atoms with Gasteiger partial charge in [-0.25, -0.2) is 4.98 Å². The molecule has 0 bridgehead atoms. The number of thioether (sulfide) groups is 1. The molecule has 1 fully saturated rings. The second-order valence-corrected chi connectivity index (χ2v) is 5.96. The molecular weight excluding hydrogens is 218 g/mol. The second-order valence-electron chi connectivity index (χ2n) is 4.74. The van der Waals surface area contributed by atoms with Crippen LogP contribution in [0.1, 0.15) is 38.4 Å². The number of aryl methyl sites for hydroxylation is 1.